The first-order valence-electron chi connectivity index (χ1n) is 37.8. The molecule has 4 aliphatic heterocycles. The van der Waals surface area contributed by atoms with E-state index in [9.17, 15) is 0 Å². The van der Waals surface area contributed by atoms with Gasteiger partial charge < -0.3 is 24.3 Å². The van der Waals surface area contributed by atoms with E-state index in [4.69, 9.17) is 4.74 Å². The normalized spacial score (nSPS) is 12.5. The summed E-state index contributed by atoms with van der Waals surface area (Å²) < 4.78 is 7.36. The number of hydrogen-bond donors (Lipinski definition) is 0. The molecule has 0 N–H and O–H groups in total. The fourth-order valence-corrected chi connectivity index (χ4v) is 18.5. The van der Waals surface area contributed by atoms with Gasteiger partial charge in [0.2, 0.25) is 0 Å². The number of ether oxygens (including phenoxy) is 1. The Kier molecular flexibility index (Phi) is 16.0. The lowest BCUT2D eigenvalue weighted by molar-refractivity contribution is 0.486. The van der Waals surface area contributed by atoms with Crippen molar-refractivity contribution in [3.05, 3.63) is 413 Å². The maximum Gasteiger partial charge on any atom is 0.253 e. The number of fused-ring (bicyclic) bond motifs is 8. The first kappa shape index (κ1) is 64.6. The average Bonchev–Trinajstić information content (AvgIpc) is 0.686. The lowest BCUT2D eigenvalue weighted by atomic mass is 9.31. The van der Waals surface area contributed by atoms with Gasteiger partial charge in [-0.3, -0.25) is 0 Å². The fraction of sp³-hybridized carbons (Fsp3) is 0. The predicted octanol–water partition coefficient (Wildman–Crippen LogP) is 23.8. The Morgan fingerprint density at radius 2 is 0.609 bits per heavy atom. The van der Waals surface area contributed by atoms with Crippen LogP contribution < -0.4 is 57.1 Å². The molecule has 21 rings (SSSR count). The number of rotatable bonds is 14. The second kappa shape index (κ2) is 27.2. The summed E-state index contributed by atoms with van der Waals surface area (Å²) in [5, 5.41) is 0. The molecule has 0 saturated heterocycles. The van der Waals surface area contributed by atoms with E-state index in [1.165, 1.54) is 54.5 Å². The van der Waals surface area contributed by atoms with Crippen molar-refractivity contribution in [3.63, 3.8) is 0 Å². The molecule has 0 aromatic heterocycles. The molecule has 8 heteroatoms. The van der Waals surface area contributed by atoms with Gasteiger partial charge in [0.25, 0.3) is 13.4 Å². The van der Waals surface area contributed by atoms with Crippen molar-refractivity contribution in [1.82, 2.24) is 0 Å². The average molecular weight is 1420 g/mol. The van der Waals surface area contributed by atoms with Crippen molar-refractivity contribution in [2.75, 3.05) is 19.6 Å². The van der Waals surface area contributed by atoms with E-state index in [1.807, 2.05) is 11.8 Å². The molecule has 110 heavy (non-hydrogen) atoms. The van der Waals surface area contributed by atoms with Crippen LogP contribution in [0.2, 0.25) is 0 Å². The minimum Gasteiger partial charge on any atom is -0.458 e. The molecule has 5 nitrogen and oxygen atoms in total. The Balaban J connectivity index is 0.830. The van der Waals surface area contributed by atoms with Gasteiger partial charge in [-0.2, -0.15) is 0 Å². The standard InChI is InChI=1S/C102H68B2N4OS/c1-8-27-69(28-9-1)73-47-55-80(56-48-73)105(81-57-49-74(50-58-81)70-29-10-2-11-30-70)84-63-94-100-95(64-84)108(102-86(77-35-16-5-17-36-77)41-26-42-87(102)78-37-18-6-19-38-78)93-68-98-91(67-90(93)103(100)88-43-22-24-45-92(88)107(94)79-39-20-7-21-40-79)104-89-44-23-25-46-96(89)109-97-65-85(66-99(110-98)101(97)104)106(82-59-51-75(52-60-82)71-31-12-3-13-32-71)83-61-53-76(54-62-83)72-33-14-4-15-34-72/h1-68H. The minimum atomic E-state index is -0.229. The summed E-state index contributed by atoms with van der Waals surface area (Å²) in [5.74, 6) is 1.71. The zero-order chi connectivity index (χ0) is 72.6. The van der Waals surface area contributed by atoms with Crippen molar-refractivity contribution < 1.29 is 4.74 Å². The summed E-state index contributed by atoms with van der Waals surface area (Å²) in [7, 11) is 0. The van der Waals surface area contributed by atoms with Crippen LogP contribution >= 0.6 is 11.8 Å². The summed E-state index contributed by atoms with van der Waals surface area (Å²) in [5.41, 5.74) is 33.8. The summed E-state index contributed by atoms with van der Waals surface area (Å²) in [6, 6.07) is 152. The van der Waals surface area contributed by atoms with Gasteiger partial charge in [-0.05, 0) is 180 Å². The maximum atomic E-state index is 7.36. The molecule has 0 unspecified atom stereocenters. The highest BCUT2D eigenvalue weighted by molar-refractivity contribution is 8.00. The van der Waals surface area contributed by atoms with Crippen molar-refractivity contribution in [3.8, 4) is 78.3 Å². The molecular weight excluding hydrogens is 1350 g/mol. The number of benzene rings is 17. The molecule has 17 aromatic rings. The van der Waals surface area contributed by atoms with E-state index in [2.05, 4.69) is 432 Å². The molecule has 0 bridgehead atoms. The van der Waals surface area contributed by atoms with Crippen LogP contribution in [0.15, 0.2) is 422 Å². The zero-order valence-electron chi connectivity index (χ0n) is 60.0. The van der Waals surface area contributed by atoms with E-state index in [0.29, 0.717) is 0 Å². The van der Waals surface area contributed by atoms with Crippen LogP contribution in [-0.2, 0) is 0 Å². The van der Waals surface area contributed by atoms with Crippen LogP contribution in [0.25, 0.3) is 66.8 Å². The highest BCUT2D eigenvalue weighted by Gasteiger charge is 2.48. The largest absolute Gasteiger partial charge is 0.458 e. The molecule has 17 aromatic carbocycles. The quantitative estimate of drug-likeness (QED) is 0.101. The van der Waals surface area contributed by atoms with Gasteiger partial charge in [0.05, 0.1) is 17.1 Å². The monoisotopic (exact) mass is 1420 g/mol. The van der Waals surface area contributed by atoms with Crippen molar-refractivity contribution in [2.45, 2.75) is 9.79 Å². The van der Waals surface area contributed by atoms with E-state index < -0.39 is 0 Å². The minimum absolute atomic E-state index is 0.174. The van der Waals surface area contributed by atoms with Gasteiger partial charge in [0.1, 0.15) is 11.5 Å². The van der Waals surface area contributed by atoms with E-state index in [1.54, 1.807) is 0 Å². The second-order valence-corrected chi connectivity index (χ2v) is 29.7. The maximum absolute atomic E-state index is 7.36. The molecule has 0 amide bonds. The van der Waals surface area contributed by atoms with Crippen molar-refractivity contribution in [2.24, 2.45) is 0 Å². The fourth-order valence-electron chi connectivity index (χ4n) is 17.3. The lowest BCUT2D eigenvalue weighted by Crippen LogP contribution is -2.64. The smallest absolute Gasteiger partial charge is 0.253 e. The summed E-state index contributed by atoms with van der Waals surface area (Å²) in [6.45, 7) is -0.403. The molecular formula is C102H68B2N4OS. The van der Waals surface area contributed by atoms with Crippen LogP contribution in [0.1, 0.15) is 0 Å². The van der Waals surface area contributed by atoms with Gasteiger partial charge >= 0.3 is 0 Å². The second-order valence-electron chi connectivity index (χ2n) is 28.6. The number of para-hydroxylation sites is 4. The molecule has 0 spiro atoms. The van der Waals surface area contributed by atoms with Gasteiger partial charge in [-0.15, -0.1) is 0 Å². The summed E-state index contributed by atoms with van der Waals surface area (Å²) >= 11 is 1.86. The topological polar surface area (TPSA) is 22.2 Å². The molecule has 0 atom stereocenters. The van der Waals surface area contributed by atoms with Crippen LogP contribution in [0.5, 0.6) is 11.5 Å². The third-order valence-corrected chi connectivity index (χ3v) is 23.5. The number of anilines is 12. The zero-order valence-corrected chi connectivity index (χ0v) is 60.8. The van der Waals surface area contributed by atoms with Crippen molar-refractivity contribution in [1.29, 1.82) is 0 Å². The summed E-state index contributed by atoms with van der Waals surface area (Å²) in [4.78, 5) is 12.4. The Hall–Kier alpha value is -13.8. The molecule has 0 aliphatic carbocycles. The van der Waals surface area contributed by atoms with E-state index >= 15 is 0 Å². The highest BCUT2D eigenvalue weighted by atomic mass is 32.2. The Bertz CT molecular complexity index is 6100. The first-order valence-corrected chi connectivity index (χ1v) is 38.6. The molecule has 0 fully saturated rings. The Labute approximate surface area is 646 Å². The van der Waals surface area contributed by atoms with Crippen LogP contribution in [-0.4, -0.2) is 13.4 Å². The van der Waals surface area contributed by atoms with Crippen LogP contribution in [0.3, 0.4) is 0 Å². The van der Waals surface area contributed by atoms with Crippen LogP contribution in [0.4, 0.5) is 68.2 Å². The molecule has 514 valence electrons. The molecule has 4 heterocycles. The first-order chi connectivity index (χ1) is 54.6. The van der Waals surface area contributed by atoms with Gasteiger partial charge in [0.15, 0.2) is 0 Å². The molecule has 4 aliphatic rings. The number of nitrogens with zero attached hydrogens (tertiary/aromatic N) is 4. The predicted molar refractivity (Wildman–Crippen MR) is 464 cm³/mol. The van der Waals surface area contributed by atoms with E-state index in [-0.39, 0.29) is 13.4 Å². The molecule has 0 saturated carbocycles. The van der Waals surface area contributed by atoms with Gasteiger partial charge in [-0.1, -0.05) is 327 Å². The number of hydrogen-bond acceptors (Lipinski definition) is 6. The van der Waals surface area contributed by atoms with Crippen molar-refractivity contribution >= 4 is 126 Å². The lowest BCUT2D eigenvalue weighted by Gasteiger charge is -2.46. The van der Waals surface area contributed by atoms with Gasteiger partial charge in [0, 0.05) is 78.2 Å². The molecule has 0 radical (unpaired) electrons. The van der Waals surface area contributed by atoms with Gasteiger partial charge in [-0.25, -0.2) is 0 Å². The van der Waals surface area contributed by atoms with E-state index in [0.717, 1.165) is 135 Å². The third kappa shape index (κ3) is 11.2. The SMILES string of the molecule is c1ccc(-c2ccc(N(c3ccc(-c4ccccc4)cc3)c3cc4c5c(c3)Sc3cc6c(cc3B5c3ccccc3O4)B3c4ccccc4N(c4ccccc4)c4cc(N(c5ccc(-c7ccccc7)cc5)c5ccc(-c7ccccc7)cc5)cc(c43)N6c3c(-c4ccccc4)cccc3-c3ccccc3)cc2)cc1. The highest BCUT2D eigenvalue weighted by Crippen LogP contribution is 2.54. The Morgan fingerprint density at radius 1 is 0.227 bits per heavy atom. The Morgan fingerprint density at radius 3 is 1.08 bits per heavy atom. The third-order valence-electron chi connectivity index (χ3n) is 22.3. The van der Waals surface area contributed by atoms with Crippen LogP contribution in [0, 0.1) is 0 Å². The summed E-state index contributed by atoms with van der Waals surface area (Å²) in [6.07, 6.45) is 0.